The number of thioether (sulfide) groups is 1. The van der Waals surface area contributed by atoms with Crippen LogP contribution in [0.1, 0.15) is 15.9 Å². The third-order valence-electron chi connectivity index (χ3n) is 3.72. The van der Waals surface area contributed by atoms with Gasteiger partial charge < -0.3 is 10.1 Å². The number of hydrogen-bond acceptors (Lipinski definition) is 6. The molecule has 0 aliphatic rings. The smallest absolute Gasteiger partial charge is 0.337 e. The van der Waals surface area contributed by atoms with Crippen LogP contribution in [0, 0.1) is 11.3 Å². The lowest BCUT2D eigenvalue weighted by atomic mass is 10.1. The van der Waals surface area contributed by atoms with Crippen molar-refractivity contribution < 1.29 is 9.53 Å². The van der Waals surface area contributed by atoms with Gasteiger partial charge in [0.2, 0.25) is 0 Å². The Morgan fingerprint density at radius 3 is 2.76 bits per heavy atom. The molecule has 0 aliphatic carbocycles. The number of carbonyl (C=O) groups is 1. The Morgan fingerprint density at radius 1 is 1.24 bits per heavy atom. The number of rotatable bonds is 4. The second-order valence-electron chi connectivity index (χ2n) is 5.20. The molecule has 1 aromatic heterocycles. The fourth-order valence-corrected chi connectivity index (χ4v) is 3.10. The zero-order chi connectivity index (χ0) is 17.8. The average Bonchev–Trinajstić information content (AvgIpc) is 2.67. The summed E-state index contributed by atoms with van der Waals surface area (Å²) in [7, 11) is 1.34. The molecule has 0 fully saturated rings. The Labute approximate surface area is 149 Å². The van der Waals surface area contributed by atoms with Crippen LogP contribution in [0.4, 0.5) is 11.4 Å². The number of fused-ring (bicyclic) bond motifs is 1. The van der Waals surface area contributed by atoms with Gasteiger partial charge in [-0.3, -0.25) is 0 Å². The molecule has 0 amide bonds. The van der Waals surface area contributed by atoms with Crippen LogP contribution in [0.3, 0.4) is 0 Å². The predicted molar refractivity (Wildman–Crippen MR) is 99.3 cm³/mol. The van der Waals surface area contributed by atoms with Crippen LogP contribution in [0.2, 0.25) is 0 Å². The van der Waals surface area contributed by atoms with Gasteiger partial charge in [0.1, 0.15) is 16.7 Å². The van der Waals surface area contributed by atoms with Gasteiger partial charge in [-0.05, 0) is 30.5 Å². The summed E-state index contributed by atoms with van der Waals surface area (Å²) in [6.45, 7) is 0. The molecule has 0 radical (unpaired) electrons. The molecule has 3 rings (SSSR count). The summed E-state index contributed by atoms with van der Waals surface area (Å²) in [5.74, 6) is -0.409. The van der Waals surface area contributed by atoms with E-state index in [0.29, 0.717) is 27.5 Å². The van der Waals surface area contributed by atoms with E-state index in [1.165, 1.54) is 18.9 Å². The lowest BCUT2D eigenvalue weighted by molar-refractivity contribution is 0.0601. The standard InChI is InChI=1S/C19H15N3O2S/c1-24-19(23)12-6-5-7-13(10-12)21-17-14-8-3-4-9-16(14)22-18(25-2)15(17)11-20/h3-10H,1-2H3,(H,21,22). The van der Waals surface area contributed by atoms with Crippen molar-refractivity contribution in [1.29, 1.82) is 5.26 Å². The maximum Gasteiger partial charge on any atom is 0.337 e. The van der Waals surface area contributed by atoms with E-state index in [1.54, 1.807) is 18.2 Å². The minimum atomic E-state index is -0.409. The number of esters is 1. The summed E-state index contributed by atoms with van der Waals surface area (Å²) in [4.78, 5) is 16.3. The van der Waals surface area contributed by atoms with Crippen molar-refractivity contribution in [1.82, 2.24) is 4.98 Å². The maximum atomic E-state index is 11.7. The van der Waals surface area contributed by atoms with E-state index in [-0.39, 0.29) is 0 Å². The number of ether oxygens (including phenoxy) is 1. The molecule has 1 heterocycles. The highest BCUT2D eigenvalue weighted by molar-refractivity contribution is 7.98. The largest absolute Gasteiger partial charge is 0.465 e. The number of nitrogens with one attached hydrogen (secondary N) is 1. The number of para-hydroxylation sites is 1. The number of anilines is 2. The number of methoxy groups -OCH3 is 1. The molecule has 0 spiro atoms. The molecule has 25 heavy (non-hydrogen) atoms. The number of hydrogen-bond donors (Lipinski definition) is 1. The van der Waals surface area contributed by atoms with E-state index < -0.39 is 5.97 Å². The first-order valence-electron chi connectivity index (χ1n) is 7.50. The van der Waals surface area contributed by atoms with Crippen molar-refractivity contribution in [3.63, 3.8) is 0 Å². The van der Waals surface area contributed by atoms with Crippen molar-refractivity contribution in [2.75, 3.05) is 18.7 Å². The third kappa shape index (κ3) is 3.28. The lowest BCUT2D eigenvalue weighted by Crippen LogP contribution is -2.03. The Balaban J connectivity index is 2.15. The maximum absolute atomic E-state index is 11.7. The van der Waals surface area contributed by atoms with Crippen molar-refractivity contribution in [2.45, 2.75) is 5.03 Å². The number of nitriles is 1. The van der Waals surface area contributed by atoms with Gasteiger partial charge in [0.25, 0.3) is 0 Å². The topological polar surface area (TPSA) is 75.0 Å². The van der Waals surface area contributed by atoms with E-state index in [9.17, 15) is 10.1 Å². The number of pyridine rings is 1. The zero-order valence-corrected chi connectivity index (χ0v) is 14.6. The van der Waals surface area contributed by atoms with Crippen LogP contribution in [0.15, 0.2) is 53.6 Å². The van der Waals surface area contributed by atoms with Crippen molar-refractivity contribution in [3.05, 3.63) is 59.7 Å². The zero-order valence-electron chi connectivity index (χ0n) is 13.7. The Morgan fingerprint density at radius 2 is 2.04 bits per heavy atom. The normalized spacial score (nSPS) is 10.3. The lowest BCUT2D eigenvalue weighted by Gasteiger charge is -2.14. The van der Waals surface area contributed by atoms with E-state index in [4.69, 9.17) is 4.74 Å². The van der Waals surface area contributed by atoms with Crippen molar-refractivity contribution >= 4 is 40.0 Å². The molecule has 0 saturated carbocycles. The highest BCUT2D eigenvalue weighted by atomic mass is 32.2. The molecule has 0 unspecified atom stereocenters. The molecule has 1 N–H and O–H groups in total. The number of aromatic nitrogens is 1. The van der Waals surface area contributed by atoms with Gasteiger partial charge in [-0.25, -0.2) is 9.78 Å². The highest BCUT2D eigenvalue weighted by Crippen LogP contribution is 2.34. The summed E-state index contributed by atoms with van der Waals surface area (Å²) in [6.07, 6.45) is 1.89. The van der Waals surface area contributed by atoms with E-state index in [0.717, 1.165) is 10.9 Å². The molecule has 124 valence electrons. The summed E-state index contributed by atoms with van der Waals surface area (Å²) in [5.41, 5.74) is 3.10. The van der Waals surface area contributed by atoms with Crippen molar-refractivity contribution in [3.8, 4) is 6.07 Å². The minimum Gasteiger partial charge on any atom is -0.465 e. The SMILES string of the molecule is COC(=O)c1cccc(Nc2c(C#N)c(SC)nc3ccccc23)c1. The minimum absolute atomic E-state index is 0.409. The fraction of sp³-hybridized carbons (Fsp3) is 0.105. The number of nitrogens with zero attached hydrogens (tertiary/aromatic N) is 2. The molecule has 3 aromatic rings. The van der Waals surface area contributed by atoms with E-state index >= 15 is 0 Å². The molecule has 5 nitrogen and oxygen atoms in total. The molecule has 0 aliphatic heterocycles. The molecule has 2 aromatic carbocycles. The number of carbonyl (C=O) groups excluding carboxylic acids is 1. The second kappa shape index (κ2) is 7.24. The van der Waals surface area contributed by atoms with Gasteiger partial charge in [-0.1, -0.05) is 24.3 Å². The molecular weight excluding hydrogens is 334 g/mol. The van der Waals surface area contributed by atoms with Crippen LogP contribution in [-0.2, 0) is 4.74 Å². The predicted octanol–water partition coefficient (Wildman–Crippen LogP) is 4.36. The Bertz CT molecular complexity index is 996. The van der Waals surface area contributed by atoms with Crippen LogP contribution in [0.5, 0.6) is 0 Å². The van der Waals surface area contributed by atoms with Gasteiger partial charge >= 0.3 is 5.97 Å². The summed E-state index contributed by atoms with van der Waals surface area (Å²) in [5, 5.41) is 14.4. The molecular formula is C19H15N3O2S. The van der Waals surface area contributed by atoms with Gasteiger partial charge in [0.15, 0.2) is 0 Å². The quantitative estimate of drug-likeness (QED) is 0.557. The monoisotopic (exact) mass is 349 g/mol. The van der Waals surface area contributed by atoms with Crippen LogP contribution >= 0.6 is 11.8 Å². The Hall–Kier alpha value is -3.04. The molecule has 0 saturated heterocycles. The number of benzene rings is 2. The molecule has 0 bridgehead atoms. The van der Waals surface area contributed by atoms with Crippen LogP contribution < -0.4 is 5.32 Å². The first kappa shape index (κ1) is 16.8. The molecule has 0 atom stereocenters. The first-order valence-corrected chi connectivity index (χ1v) is 8.72. The summed E-state index contributed by atoms with van der Waals surface area (Å²) in [6, 6.07) is 16.9. The Kier molecular flexibility index (Phi) is 4.87. The van der Waals surface area contributed by atoms with Crippen LogP contribution in [-0.4, -0.2) is 24.3 Å². The van der Waals surface area contributed by atoms with E-state index in [1.807, 2.05) is 36.6 Å². The van der Waals surface area contributed by atoms with Gasteiger partial charge in [0.05, 0.1) is 23.9 Å². The average molecular weight is 349 g/mol. The fourth-order valence-electron chi connectivity index (χ4n) is 2.56. The van der Waals surface area contributed by atoms with Gasteiger partial charge in [-0.15, -0.1) is 11.8 Å². The van der Waals surface area contributed by atoms with E-state index in [2.05, 4.69) is 16.4 Å². The van der Waals surface area contributed by atoms with Crippen molar-refractivity contribution in [2.24, 2.45) is 0 Å². The first-order chi connectivity index (χ1) is 12.2. The second-order valence-corrected chi connectivity index (χ2v) is 5.99. The van der Waals surface area contributed by atoms with Gasteiger partial charge in [0, 0.05) is 11.1 Å². The summed E-state index contributed by atoms with van der Waals surface area (Å²) < 4.78 is 4.76. The third-order valence-corrected chi connectivity index (χ3v) is 4.40. The molecule has 6 heteroatoms. The highest BCUT2D eigenvalue weighted by Gasteiger charge is 2.15. The summed E-state index contributed by atoms with van der Waals surface area (Å²) >= 11 is 1.42. The van der Waals surface area contributed by atoms with Gasteiger partial charge in [-0.2, -0.15) is 5.26 Å². The van der Waals surface area contributed by atoms with Crippen LogP contribution in [0.25, 0.3) is 10.9 Å².